The standard InChI is InChI=1S/C17H18N4O3S/c1-21-17(7-8-19-21)14-9-13(10-18-12-14)11-20-25(22,23)16-5-3-15(24-2)4-6-16/h3-10,12,20H,11H2,1-2H3. The van der Waals surface area contributed by atoms with Gasteiger partial charge in [-0.25, -0.2) is 13.1 Å². The summed E-state index contributed by atoms with van der Waals surface area (Å²) in [5.74, 6) is 0.604. The maximum atomic E-state index is 12.4. The number of nitrogens with zero attached hydrogens (tertiary/aromatic N) is 3. The van der Waals surface area contributed by atoms with E-state index in [9.17, 15) is 8.42 Å². The van der Waals surface area contributed by atoms with E-state index >= 15 is 0 Å². The van der Waals surface area contributed by atoms with E-state index in [1.807, 2.05) is 19.2 Å². The number of nitrogens with one attached hydrogen (secondary N) is 1. The lowest BCUT2D eigenvalue weighted by atomic mass is 10.1. The molecule has 0 atom stereocenters. The second-order valence-corrected chi connectivity index (χ2v) is 7.19. The fraction of sp³-hybridized carbons (Fsp3) is 0.176. The van der Waals surface area contributed by atoms with E-state index in [-0.39, 0.29) is 11.4 Å². The Kier molecular flexibility index (Phi) is 4.82. The summed E-state index contributed by atoms with van der Waals surface area (Å²) in [7, 11) is -0.236. The monoisotopic (exact) mass is 358 g/mol. The van der Waals surface area contributed by atoms with Gasteiger partial charge in [0.2, 0.25) is 10.0 Å². The Balaban J connectivity index is 1.75. The summed E-state index contributed by atoms with van der Waals surface area (Å²) in [5.41, 5.74) is 2.55. The second-order valence-electron chi connectivity index (χ2n) is 5.42. The molecule has 0 bridgehead atoms. The van der Waals surface area contributed by atoms with Crippen molar-refractivity contribution in [3.8, 4) is 17.0 Å². The molecule has 7 nitrogen and oxygen atoms in total. The molecule has 0 saturated heterocycles. The molecule has 0 radical (unpaired) electrons. The van der Waals surface area contributed by atoms with E-state index in [1.165, 1.54) is 19.2 Å². The number of benzene rings is 1. The molecular formula is C17H18N4O3S. The Morgan fingerprint density at radius 2 is 1.92 bits per heavy atom. The van der Waals surface area contributed by atoms with Gasteiger partial charge >= 0.3 is 0 Å². The number of pyridine rings is 1. The molecule has 0 aliphatic carbocycles. The highest BCUT2D eigenvalue weighted by molar-refractivity contribution is 7.89. The summed E-state index contributed by atoms with van der Waals surface area (Å²) in [6.07, 6.45) is 5.06. The van der Waals surface area contributed by atoms with Crippen molar-refractivity contribution in [3.63, 3.8) is 0 Å². The second kappa shape index (κ2) is 7.04. The Morgan fingerprint density at radius 3 is 2.56 bits per heavy atom. The molecule has 0 amide bonds. The van der Waals surface area contributed by atoms with Gasteiger partial charge in [-0.3, -0.25) is 9.67 Å². The number of hydrogen-bond acceptors (Lipinski definition) is 5. The molecule has 3 rings (SSSR count). The third-order valence-corrected chi connectivity index (χ3v) is 5.16. The smallest absolute Gasteiger partial charge is 0.240 e. The van der Waals surface area contributed by atoms with Crippen molar-refractivity contribution in [2.24, 2.45) is 7.05 Å². The van der Waals surface area contributed by atoms with Crippen LogP contribution in [0.2, 0.25) is 0 Å². The van der Waals surface area contributed by atoms with Gasteiger partial charge < -0.3 is 4.74 Å². The summed E-state index contributed by atoms with van der Waals surface area (Å²) in [6, 6.07) is 10.00. The lowest BCUT2D eigenvalue weighted by molar-refractivity contribution is 0.414. The van der Waals surface area contributed by atoms with Crippen LogP contribution in [-0.4, -0.2) is 30.3 Å². The molecule has 2 heterocycles. The fourth-order valence-corrected chi connectivity index (χ4v) is 3.42. The maximum absolute atomic E-state index is 12.4. The average Bonchev–Trinajstić information content (AvgIpc) is 3.06. The van der Waals surface area contributed by atoms with E-state index in [1.54, 1.807) is 35.4 Å². The van der Waals surface area contributed by atoms with Crippen LogP contribution >= 0.6 is 0 Å². The van der Waals surface area contributed by atoms with E-state index in [2.05, 4.69) is 14.8 Å². The number of hydrogen-bond donors (Lipinski definition) is 1. The highest BCUT2D eigenvalue weighted by Crippen LogP contribution is 2.19. The number of aryl methyl sites for hydroxylation is 1. The SMILES string of the molecule is COc1ccc(S(=O)(=O)NCc2cncc(-c3ccnn3C)c2)cc1. The van der Waals surface area contributed by atoms with Crippen molar-refractivity contribution in [1.82, 2.24) is 19.5 Å². The molecule has 0 saturated carbocycles. The third kappa shape index (κ3) is 3.86. The van der Waals surface area contributed by atoms with Crippen molar-refractivity contribution in [3.05, 3.63) is 60.6 Å². The molecule has 1 aromatic carbocycles. The van der Waals surface area contributed by atoms with Crippen LogP contribution in [0.15, 0.2) is 59.9 Å². The summed E-state index contributed by atoms with van der Waals surface area (Å²) in [4.78, 5) is 4.37. The van der Waals surface area contributed by atoms with Crippen LogP contribution in [0, 0.1) is 0 Å². The highest BCUT2D eigenvalue weighted by atomic mass is 32.2. The van der Waals surface area contributed by atoms with Gasteiger partial charge in [0, 0.05) is 37.7 Å². The quantitative estimate of drug-likeness (QED) is 0.728. The minimum atomic E-state index is -3.61. The predicted molar refractivity (Wildman–Crippen MR) is 93.5 cm³/mol. The third-order valence-electron chi connectivity index (χ3n) is 3.75. The Labute approximate surface area is 146 Å². The van der Waals surface area contributed by atoms with Crippen molar-refractivity contribution >= 4 is 10.0 Å². The van der Waals surface area contributed by atoms with Crippen LogP contribution in [0.1, 0.15) is 5.56 Å². The summed E-state index contributed by atoms with van der Waals surface area (Å²) < 4.78 is 34.1. The first-order valence-electron chi connectivity index (χ1n) is 7.55. The maximum Gasteiger partial charge on any atom is 0.240 e. The zero-order chi connectivity index (χ0) is 17.9. The molecule has 0 unspecified atom stereocenters. The van der Waals surface area contributed by atoms with Gasteiger partial charge in [-0.2, -0.15) is 5.10 Å². The van der Waals surface area contributed by atoms with Gasteiger partial charge in [-0.1, -0.05) is 0 Å². The van der Waals surface area contributed by atoms with E-state index in [0.717, 1.165) is 16.8 Å². The van der Waals surface area contributed by atoms with Gasteiger partial charge in [0.25, 0.3) is 0 Å². The molecule has 2 aromatic heterocycles. The van der Waals surface area contributed by atoms with Gasteiger partial charge in [0.15, 0.2) is 0 Å². The van der Waals surface area contributed by atoms with Gasteiger partial charge in [0.1, 0.15) is 5.75 Å². The predicted octanol–water partition coefficient (Wildman–Crippen LogP) is 1.97. The molecule has 25 heavy (non-hydrogen) atoms. The number of rotatable bonds is 6. The summed E-state index contributed by atoms with van der Waals surface area (Å²) >= 11 is 0. The minimum Gasteiger partial charge on any atom is -0.497 e. The Hall–Kier alpha value is -2.71. The molecule has 0 spiro atoms. The molecule has 8 heteroatoms. The lowest BCUT2D eigenvalue weighted by Gasteiger charge is -2.09. The number of sulfonamides is 1. The Bertz CT molecular complexity index is 966. The van der Waals surface area contributed by atoms with Gasteiger partial charge in [-0.15, -0.1) is 0 Å². The van der Waals surface area contributed by atoms with Crippen LogP contribution in [0.4, 0.5) is 0 Å². The minimum absolute atomic E-state index is 0.146. The van der Waals surface area contributed by atoms with Gasteiger partial charge in [-0.05, 0) is 42.0 Å². The van der Waals surface area contributed by atoms with Crippen LogP contribution < -0.4 is 9.46 Å². The normalized spacial score (nSPS) is 11.4. The largest absolute Gasteiger partial charge is 0.497 e. The van der Waals surface area contributed by atoms with Crippen molar-refractivity contribution in [2.75, 3.05) is 7.11 Å². The number of aromatic nitrogens is 3. The lowest BCUT2D eigenvalue weighted by Crippen LogP contribution is -2.23. The first kappa shape index (κ1) is 17.1. The van der Waals surface area contributed by atoms with Gasteiger partial charge in [0.05, 0.1) is 17.7 Å². The molecule has 1 N–H and O–H groups in total. The van der Waals surface area contributed by atoms with Crippen LogP contribution in [-0.2, 0) is 23.6 Å². The first-order valence-corrected chi connectivity index (χ1v) is 9.04. The van der Waals surface area contributed by atoms with Crippen LogP contribution in [0.5, 0.6) is 5.75 Å². The zero-order valence-corrected chi connectivity index (χ0v) is 14.7. The Morgan fingerprint density at radius 1 is 1.16 bits per heavy atom. The van der Waals surface area contributed by atoms with E-state index < -0.39 is 10.0 Å². The molecular weight excluding hydrogens is 340 g/mol. The average molecular weight is 358 g/mol. The highest BCUT2D eigenvalue weighted by Gasteiger charge is 2.14. The fourth-order valence-electron chi connectivity index (χ4n) is 2.40. The van der Waals surface area contributed by atoms with Crippen molar-refractivity contribution < 1.29 is 13.2 Å². The zero-order valence-electron chi connectivity index (χ0n) is 13.9. The summed E-state index contributed by atoms with van der Waals surface area (Å²) in [5, 5.41) is 4.13. The van der Waals surface area contributed by atoms with E-state index in [4.69, 9.17) is 4.74 Å². The molecule has 0 aliphatic rings. The topological polar surface area (TPSA) is 86.1 Å². The molecule has 130 valence electrons. The van der Waals surface area contributed by atoms with Crippen LogP contribution in [0.25, 0.3) is 11.3 Å². The molecule has 0 aliphatic heterocycles. The number of methoxy groups -OCH3 is 1. The summed E-state index contributed by atoms with van der Waals surface area (Å²) in [6.45, 7) is 0.146. The number of ether oxygens (including phenoxy) is 1. The first-order chi connectivity index (χ1) is 12.0. The van der Waals surface area contributed by atoms with Crippen molar-refractivity contribution in [2.45, 2.75) is 11.4 Å². The van der Waals surface area contributed by atoms with Crippen LogP contribution in [0.3, 0.4) is 0 Å². The van der Waals surface area contributed by atoms with Crippen molar-refractivity contribution in [1.29, 1.82) is 0 Å². The molecule has 0 fully saturated rings. The molecule has 3 aromatic rings. The van der Waals surface area contributed by atoms with E-state index in [0.29, 0.717) is 5.75 Å².